The fraction of sp³-hybridized carbons (Fsp3) is 0.800. The van der Waals surface area contributed by atoms with Crippen molar-refractivity contribution in [2.24, 2.45) is 0 Å². The van der Waals surface area contributed by atoms with Gasteiger partial charge in [0, 0.05) is 0 Å². The van der Waals surface area contributed by atoms with Crippen molar-refractivity contribution in [1.29, 1.82) is 0 Å². The summed E-state index contributed by atoms with van der Waals surface area (Å²) in [6.45, 7) is 0. The van der Waals surface area contributed by atoms with Crippen LogP contribution in [0, 0.1) is 0 Å². The molecule has 0 saturated carbocycles. The maximum absolute atomic E-state index is 2.09. The molecular formula is C5H12N2Te. The summed E-state index contributed by atoms with van der Waals surface area (Å²) >= 11 is 2.01. The Morgan fingerprint density at radius 3 is 1.25 bits per heavy atom. The van der Waals surface area contributed by atoms with Crippen molar-refractivity contribution >= 4 is 25.6 Å². The average Bonchev–Trinajstić information content (AvgIpc) is 1.64. The van der Waals surface area contributed by atoms with Crippen molar-refractivity contribution in [3.63, 3.8) is 0 Å². The van der Waals surface area contributed by atoms with Crippen molar-refractivity contribution in [2.75, 3.05) is 28.2 Å². The molecule has 0 aliphatic rings. The van der Waals surface area contributed by atoms with E-state index in [1.807, 2.05) is 50.0 Å². The van der Waals surface area contributed by atoms with E-state index in [-0.39, 0.29) is 0 Å². The Hall–Kier alpha value is 0.260. The summed E-state index contributed by atoms with van der Waals surface area (Å²) < 4.78 is 1.28. The molecule has 0 aromatic rings. The molecule has 0 aromatic carbocycles. The van der Waals surface area contributed by atoms with Crippen LogP contribution < -0.4 is 0 Å². The summed E-state index contributed by atoms with van der Waals surface area (Å²) in [6, 6.07) is 0. The van der Waals surface area contributed by atoms with Gasteiger partial charge in [-0.25, -0.2) is 0 Å². The second-order valence-corrected chi connectivity index (χ2v) is 3.11. The fourth-order valence-electron chi connectivity index (χ4n) is 0.400. The second-order valence-electron chi connectivity index (χ2n) is 2.07. The van der Waals surface area contributed by atoms with Gasteiger partial charge in [0.1, 0.15) is 0 Å². The van der Waals surface area contributed by atoms with E-state index >= 15 is 0 Å². The SMILES string of the molecule is CN(C)C(=[Te])N(C)C. The normalized spacial score (nSPS) is 8.50. The minimum atomic E-state index is 1.28. The Labute approximate surface area is 63.9 Å². The molecule has 2 nitrogen and oxygen atoms in total. The quantitative estimate of drug-likeness (QED) is 0.580. The molecule has 0 N–H and O–H groups in total. The van der Waals surface area contributed by atoms with E-state index in [0.717, 1.165) is 0 Å². The van der Waals surface area contributed by atoms with Gasteiger partial charge in [-0.2, -0.15) is 0 Å². The topological polar surface area (TPSA) is 6.48 Å². The number of rotatable bonds is 2. The molecule has 0 spiro atoms. The average molecular weight is 228 g/mol. The zero-order chi connectivity index (χ0) is 6.73. The molecular weight excluding hydrogens is 216 g/mol. The van der Waals surface area contributed by atoms with Gasteiger partial charge in [-0.3, -0.25) is 0 Å². The molecule has 0 heterocycles. The Balaban J connectivity index is 3.65. The first-order valence-corrected chi connectivity index (χ1v) is 3.61. The van der Waals surface area contributed by atoms with Crippen molar-refractivity contribution in [3.8, 4) is 0 Å². The van der Waals surface area contributed by atoms with Crippen LogP contribution in [-0.4, -0.2) is 63.6 Å². The van der Waals surface area contributed by atoms with E-state index in [4.69, 9.17) is 0 Å². The van der Waals surface area contributed by atoms with Crippen LogP contribution in [0.2, 0.25) is 0 Å². The molecule has 3 heteroatoms. The van der Waals surface area contributed by atoms with Gasteiger partial charge < -0.3 is 0 Å². The molecule has 48 valence electrons. The zero-order valence-electron chi connectivity index (χ0n) is 5.80. The molecule has 0 fully saturated rings. The number of hydrogen-bond donors (Lipinski definition) is 0. The first-order valence-electron chi connectivity index (χ1n) is 2.44. The first-order chi connectivity index (χ1) is 3.55. The molecule has 0 bridgehead atoms. The third kappa shape index (κ3) is 2.54. The summed E-state index contributed by atoms with van der Waals surface area (Å²) in [5.74, 6) is 0. The third-order valence-electron chi connectivity index (χ3n) is 0.765. The monoisotopic (exact) mass is 230 g/mol. The molecule has 0 radical (unpaired) electrons. The predicted octanol–water partition coefficient (Wildman–Crippen LogP) is -0.635. The number of nitrogens with zero attached hydrogens (tertiary/aromatic N) is 2. The Morgan fingerprint density at radius 1 is 1.00 bits per heavy atom. The molecule has 8 heavy (non-hydrogen) atoms. The summed E-state index contributed by atoms with van der Waals surface area (Å²) in [4.78, 5) is 4.18. The van der Waals surface area contributed by atoms with Crippen molar-refractivity contribution < 1.29 is 0 Å². The zero-order valence-corrected chi connectivity index (χ0v) is 8.13. The van der Waals surface area contributed by atoms with Crippen LogP contribution in [0.15, 0.2) is 0 Å². The molecule has 0 unspecified atom stereocenters. The van der Waals surface area contributed by atoms with Gasteiger partial charge in [0.05, 0.1) is 0 Å². The van der Waals surface area contributed by atoms with Crippen LogP contribution in [0.1, 0.15) is 0 Å². The summed E-state index contributed by atoms with van der Waals surface area (Å²) in [5, 5.41) is 0. The van der Waals surface area contributed by atoms with Crippen molar-refractivity contribution in [2.45, 2.75) is 0 Å². The number of hydrogen-bond acceptors (Lipinski definition) is 2. The van der Waals surface area contributed by atoms with Crippen LogP contribution in [-0.2, 0) is 0 Å². The Bertz CT molecular complexity index is 78.4. The first kappa shape index (κ1) is 8.26. The van der Waals surface area contributed by atoms with E-state index in [1.165, 1.54) is 3.80 Å². The fourth-order valence-corrected chi connectivity index (χ4v) is 0.400. The molecule has 0 amide bonds. The maximum atomic E-state index is 2.09. The van der Waals surface area contributed by atoms with E-state index in [1.54, 1.807) is 0 Å². The Kier molecular flexibility index (Phi) is 3.43. The summed E-state index contributed by atoms with van der Waals surface area (Å²) in [6.07, 6.45) is 0. The summed E-state index contributed by atoms with van der Waals surface area (Å²) in [7, 11) is 8.16. The van der Waals surface area contributed by atoms with Gasteiger partial charge in [0.25, 0.3) is 0 Å². The van der Waals surface area contributed by atoms with Crippen molar-refractivity contribution in [3.05, 3.63) is 0 Å². The van der Waals surface area contributed by atoms with E-state index in [0.29, 0.717) is 0 Å². The standard InChI is InChI=1S/C5H12N2Te/c1-6(2)5(8)7(3)4/h1-4H3. The predicted molar refractivity (Wildman–Crippen MR) is 38.1 cm³/mol. The van der Waals surface area contributed by atoms with E-state index < -0.39 is 0 Å². The minimum absolute atomic E-state index is 1.28. The Morgan fingerprint density at radius 2 is 1.25 bits per heavy atom. The summed E-state index contributed by atoms with van der Waals surface area (Å²) in [5.41, 5.74) is 0. The van der Waals surface area contributed by atoms with Gasteiger partial charge in [-0.05, 0) is 0 Å². The molecule has 0 aliphatic heterocycles. The van der Waals surface area contributed by atoms with Gasteiger partial charge >= 0.3 is 63.6 Å². The third-order valence-corrected chi connectivity index (χ3v) is 2.85. The van der Waals surface area contributed by atoms with Crippen molar-refractivity contribution in [1.82, 2.24) is 9.80 Å². The van der Waals surface area contributed by atoms with Crippen LogP contribution in [0.3, 0.4) is 0 Å². The van der Waals surface area contributed by atoms with Gasteiger partial charge in [0.2, 0.25) is 0 Å². The molecule has 0 atom stereocenters. The molecule has 0 rings (SSSR count). The van der Waals surface area contributed by atoms with E-state index in [2.05, 4.69) is 9.80 Å². The van der Waals surface area contributed by atoms with Crippen LogP contribution in [0.5, 0.6) is 0 Å². The van der Waals surface area contributed by atoms with E-state index in [9.17, 15) is 0 Å². The van der Waals surface area contributed by atoms with Crippen LogP contribution >= 0.6 is 0 Å². The molecule has 0 aromatic heterocycles. The second kappa shape index (κ2) is 3.32. The van der Waals surface area contributed by atoms with Gasteiger partial charge in [0.15, 0.2) is 0 Å². The van der Waals surface area contributed by atoms with Crippen LogP contribution in [0.4, 0.5) is 0 Å². The molecule has 0 saturated heterocycles. The van der Waals surface area contributed by atoms with Gasteiger partial charge in [-0.15, -0.1) is 0 Å². The van der Waals surface area contributed by atoms with Gasteiger partial charge in [-0.1, -0.05) is 0 Å². The van der Waals surface area contributed by atoms with Crippen LogP contribution in [0.25, 0.3) is 0 Å². The molecule has 0 aliphatic carbocycles.